The normalized spacial score (nSPS) is 11.7. The number of amides is 1. The Morgan fingerprint density at radius 2 is 1.81 bits per heavy atom. The molecule has 1 atom stereocenters. The summed E-state index contributed by atoms with van der Waals surface area (Å²) in [4.78, 5) is 12.3. The van der Waals surface area contributed by atoms with Crippen LogP contribution in [0.1, 0.15) is 17.0 Å². The fourth-order valence-corrected chi connectivity index (χ4v) is 2.23. The van der Waals surface area contributed by atoms with Gasteiger partial charge in [-0.2, -0.15) is 0 Å². The molecule has 0 saturated carbocycles. The summed E-state index contributed by atoms with van der Waals surface area (Å²) >= 11 is 0. The van der Waals surface area contributed by atoms with Crippen molar-refractivity contribution in [2.45, 2.75) is 12.5 Å². The van der Waals surface area contributed by atoms with Crippen molar-refractivity contribution in [1.29, 1.82) is 0 Å². The van der Waals surface area contributed by atoms with Gasteiger partial charge in [-0.05, 0) is 11.6 Å². The molecule has 1 unspecified atom stereocenters. The predicted molar refractivity (Wildman–Crippen MR) is 83.1 cm³/mol. The minimum atomic E-state index is -0.332. The molecule has 0 spiro atoms. The Morgan fingerprint density at radius 1 is 1.14 bits per heavy atom. The van der Waals surface area contributed by atoms with Crippen LogP contribution in [0.4, 0.5) is 0 Å². The van der Waals surface area contributed by atoms with E-state index >= 15 is 0 Å². The van der Waals surface area contributed by atoms with Gasteiger partial charge in [0.15, 0.2) is 0 Å². The van der Waals surface area contributed by atoms with Crippen molar-refractivity contribution in [2.24, 2.45) is 5.73 Å². The third-order valence-electron chi connectivity index (χ3n) is 3.40. The van der Waals surface area contributed by atoms with Crippen LogP contribution in [0.2, 0.25) is 0 Å². The molecule has 4 nitrogen and oxygen atoms in total. The van der Waals surface area contributed by atoms with E-state index < -0.39 is 0 Å². The van der Waals surface area contributed by atoms with Gasteiger partial charge in [0.05, 0.1) is 13.0 Å². The van der Waals surface area contributed by atoms with E-state index in [0.29, 0.717) is 6.54 Å². The average Bonchev–Trinajstić information content (AvgIpc) is 2.55. The van der Waals surface area contributed by atoms with Crippen molar-refractivity contribution >= 4 is 5.91 Å². The first-order valence-corrected chi connectivity index (χ1v) is 6.91. The van der Waals surface area contributed by atoms with Gasteiger partial charge in [-0.1, -0.05) is 48.5 Å². The molecule has 0 heterocycles. The zero-order valence-corrected chi connectivity index (χ0v) is 12.1. The second kappa shape index (κ2) is 7.45. The Morgan fingerprint density at radius 3 is 2.48 bits per heavy atom. The largest absolute Gasteiger partial charge is 0.496 e. The number of carbonyl (C=O) groups is 1. The number of nitrogens with one attached hydrogen (secondary N) is 1. The number of hydrogen-bond donors (Lipinski definition) is 2. The average molecular weight is 284 g/mol. The van der Waals surface area contributed by atoms with Crippen LogP contribution in [0.25, 0.3) is 0 Å². The summed E-state index contributed by atoms with van der Waals surface area (Å²) in [5.41, 5.74) is 7.62. The van der Waals surface area contributed by atoms with Gasteiger partial charge in [0.2, 0.25) is 5.91 Å². The summed E-state index contributed by atoms with van der Waals surface area (Å²) in [7, 11) is 1.62. The highest BCUT2D eigenvalue weighted by Gasteiger charge is 2.18. The molecule has 2 rings (SSSR count). The number of hydrogen-bond acceptors (Lipinski definition) is 3. The van der Waals surface area contributed by atoms with E-state index in [9.17, 15) is 4.79 Å². The Kier molecular flexibility index (Phi) is 5.35. The number of benzene rings is 2. The Hall–Kier alpha value is -2.33. The van der Waals surface area contributed by atoms with E-state index in [1.54, 1.807) is 7.11 Å². The maximum absolute atomic E-state index is 12.3. The van der Waals surface area contributed by atoms with Crippen LogP contribution in [0, 0.1) is 0 Å². The van der Waals surface area contributed by atoms with E-state index in [-0.39, 0.29) is 18.4 Å². The first kappa shape index (κ1) is 15.1. The predicted octanol–water partition coefficient (Wildman–Crippen LogP) is 2.05. The molecule has 0 aliphatic rings. The quantitative estimate of drug-likeness (QED) is 0.853. The number of carbonyl (C=O) groups excluding carboxylic acids is 1. The molecule has 0 saturated heterocycles. The highest BCUT2D eigenvalue weighted by Crippen LogP contribution is 2.18. The molecular formula is C17H20N2O2. The van der Waals surface area contributed by atoms with Crippen molar-refractivity contribution in [3.8, 4) is 5.75 Å². The topological polar surface area (TPSA) is 64.3 Å². The SMILES string of the molecule is COc1ccccc1CNC(=O)C(CN)c1ccccc1. The first-order valence-electron chi connectivity index (χ1n) is 6.91. The van der Waals surface area contributed by atoms with Crippen LogP contribution in [0.15, 0.2) is 54.6 Å². The minimum absolute atomic E-state index is 0.0744. The lowest BCUT2D eigenvalue weighted by molar-refractivity contribution is -0.122. The fraction of sp³-hybridized carbons (Fsp3) is 0.235. The lowest BCUT2D eigenvalue weighted by atomic mass is 9.98. The Labute approximate surface area is 124 Å². The summed E-state index contributed by atoms with van der Waals surface area (Å²) in [6.07, 6.45) is 0. The van der Waals surface area contributed by atoms with Gasteiger partial charge in [-0.25, -0.2) is 0 Å². The monoisotopic (exact) mass is 284 g/mol. The third-order valence-corrected chi connectivity index (χ3v) is 3.40. The second-order valence-corrected chi connectivity index (χ2v) is 4.73. The summed E-state index contributed by atoms with van der Waals surface area (Å²) in [5.74, 6) is 0.359. The molecule has 1 amide bonds. The number of para-hydroxylation sites is 1. The van der Waals surface area contributed by atoms with Gasteiger partial charge < -0.3 is 15.8 Å². The summed E-state index contributed by atoms with van der Waals surface area (Å²) in [5, 5.41) is 2.92. The zero-order chi connectivity index (χ0) is 15.1. The molecule has 2 aromatic carbocycles. The number of rotatable bonds is 6. The van der Waals surface area contributed by atoms with E-state index in [4.69, 9.17) is 10.5 Å². The summed E-state index contributed by atoms with van der Waals surface area (Å²) in [6.45, 7) is 0.702. The van der Waals surface area contributed by atoms with Gasteiger partial charge >= 0.3 is 0 Å². The van der Waals surface area contributed by atoms with Crippen LogP contribution in [0.3, 0.4) is 0 Å². The molecule has 0 fully saturated rings. The highest BCUT2D eigenvalue weighted by atomic mass is 16.5. The lowest BCUT2D eigenvalue weighted by Gasteiger charge is -2.16. The van der Waals surface area contributed by atoms with Crippen LogP contribution < -0.4 is 15.8 Å². The third kappa shape index (κ3) is 3.83. The maximum Gasteiger partial charge on any atom is 0.229 e. The van der Waals surface area contributed by atoms with Gasteiger partial charge in [-0.3, -0.25) is 4.79 Å². The van der Waals surface area contributed by atoms with Crippen molar-refractivity contribution < 1.29 is 9.53 Å². The molecule has 21 heavy (non-hydrogen) atoms. The van der Waals surface area contributed by atoms with Gasteiger partial charge in [0.1, 0.15) is 5.75 Å². The van der Waals surface area contributed by atoms with E-state index in [0.717, 1.165) is 16.9 Å². The molecule has 0 aliphatic carbocycles. The summed E-state index contributed by atoms with van der Waals surface area (Å²) in [6, 6.07) is 17.2. The zero-order valence-electron chi connectivity index (χ0n) is 12.1. The van der Waals surface area contributed by atoms with Crippen molar-refractivity contribution in [3.05, 3.63) is 65.7 Å². The molecular weight excluding hydrogens is 264 g/mol. The highest BCUT2D eigenvalue weighted by molar-refractivity contribution is 5.83. The summed E-state index contributed by atoms with van der Waals surface area (Å²) < 4.78 is 5.27. The van der Waals surface area contributed by atoms with Crippen LogP contribution in [-0.4, -0.2) is 19.6 Å². The van der Waals surface area contributed by atoms with Crippen LogP contribution in [-0.2, 0) is 11.3 Å². The molecule has 3 N–H and O–H groups in total. The van der Waals surface area contributed by atoms with E-state index in [2.05, 4.69) is 5.32 Å². The number of nitrogens with two attached hydrogens (primary N) is 1. The molecule has 0 aromatic heterocycles. The van der Waals surface area contributed by atoms with Gasteiger partial charge in [0, 0.05) is 18.7 Å². The van der Waals surface area contributed by atoms with Crippen molar-refractivity contribution in [3.63, 3.8) is 0 Å². The van der Waals surface area contributed by atoms with Crippen molar-refractivity contribution in [2.75, 3.05) is 13.7 Å². The fourth-order valence-electron chi connectivity index (χ4n) is 2.23. The van der Waals surface area contributed by atoms with Gasteiger partial charge in [0.25, 0.3) is 0 Å². The van der Waals surface area contributed by atoms with Crippen LogP contribution >= 0.6 is 0 Å². The standard InChI is InChI=1S/C17H20N2O2/c1-21-16-10-6-5-9-14(16)12-19-17(20)15(11-18)13-7-3-2-4-8-13/h2-10,15H,11-12,18H2,1H3,(H,19,20). The number of ether oxygens (including phenoxy) is 1. The minimum Gasteiger partial charge on any atom is -0.496 e. The first-order chi connectivity index (χ1) is 10.3. The molecule has 2 aromatic rings. The van der Waals surface area contributed by atoms with E-state index in [1.807, 2.05) is 54.6 Å². The smallest absolute Gasteiger partial charge is 0.229 e. The molecule has 4 heteroatoms. The van der Waals surface area contributed by atoms with Gasteiger partial charge in [-0.15, -0.1) is 0 Å². The molecule has 0 aliphatic heterocycles. The Bertz CT molecular complexity index is 584. The van der Waals surface area contributed by atoms with Crippen LogP contribution in [0.5, 0.6) is 5.75 Å². The maximum atomic E-state index is 12.3. The Balaban J connectivity index is 2.03. The number of methoxy groups -OCH3 is 1. The lowest BCUT2D eigenvalue weighted by Crippen LogP contribution is -2.33. The molecule has 0 radical (unpaired) electrons. The molecule has 110 valence electrons. The second-order valence-electron chi connectivity index (χ2n) is 4.73. The van der Waals surface area contributed by atoms with E-state index in [1.165, 1.54) is 0 Å². The van der Waals surface area contributed by atoms with Crippen molar-refractivity contribution in [1.82, 2.24) is 5.32 Å². The molecule has 0 bridgehead atoms.